The van der Waals surface area contributed by atoms with Gasteiger partial charge in [-0.15, -0.1) is 0 Å². The van der Waals surface area contributed by atoms with Crippen LogP contribution >= 0.6 is 0 Å². The lowest BCUT2D eigenvalue weighted by Gasteiger charge is -2.19. The monoisotopic (exact) mass is 377 g/mol. The number of rotatable bonds is 8. The molecule has 27 heavy (non-hydrogen) atoms. The number of aliphatic carboxylic acids is 1. The molecule has 0 aromatic heterocycles. The zero-order valence-corrected chi connectivity index (χ0v) is 15.2. The van der Waals surface area contributed by atoms with Gasteiger partial charge in [-0.3, -0.25) is 4.79 Å². The summed E-state index contributed by atoms with van der Waals surface area (Å²) in [7, 11) is 2.87. The highest BCUT2D eigenvalue weighted by Gasteiger charge is 2.18. The van der Waals surface area contributed by atoms with Crippen molar-refractivity contribution in [1.82, 2.24) is 0 Å². The Balaban J connectivity index is 2.27. The van der Waals surface area contributed by atoms with E-state index in [1.807, 2.05) is 0 Å². The van der Waals surface area contributed by atoms with E-state index in [-0.39, 0.29) is 22.8 Å². The largest absolute Gasteiger partial charge is 0.494 e. The van der Waals surface area contributed by atoms with Crippen molar-refractivity contribution in [1.29, 1.82) is 0 Å². The molecule has 1 amide bonds. The summed E-state index contributed by atoms with van der Waals surface area (Å²) in [6, 6.07) is 8.60. The van der Waals surface area contributed by atoms with Gasteiger partial charge in [-0.25, -0.2) is 9.18 Å². The molecule has 2 aromatic carbocycles. The lowest BCUT2D eigenvalue weighted by atomic mass is 10.1. The van der Waals surface area contributed by atoms with Crippen LogP contribution in [0.4, 0.5) is 10.1 Å². The van der Waals surface area contributed by atoms with Gasteiger partial charge in [0, 0.05) is 24.4 Å². The van der Waals surface area contributed by atoms with Crippen LogP contribution in [0.2, 0.25) is 0 Å². The second-order valence-corrected chi connectivity index (χ2v) is 5.46. The molecule has 0 saturated carbocycles. The molecule has 0 heterocycles. The molecular formula is C19H20FNO6. The van der Waals surface area contributed by atoms with Crippen molar-refractivity contribution >= 4 is 17.6 Å². The number of nitrogens with zero attached hydrogens (tertiary/aromatic N) is 1. The Bertz CT molecular complexity index is 839. The van der Waals surface area contributed by atoms with Crippen molar-refractivity contribution in [3.8, 4) is 17.2 Å². The molecule has 2 rings (SSSR count). The highest BCUT2D eigenvalue weighted by molar-refractivity contribution is 6.06. The third-order valence-corrected chi connectivity index (χ3v) is 3.67. The second kappa shape index (κ2) is 8.88. The van der Waals surface area contributed by atoms with Crippen LogP contribution < -0.4 is 19.1 Å². The van der Waals surface area contributed by atoms with Crippen LogP contribution in [0.25, 0.3) is 0 Å². The quantitative estimate of drug-likeness (QED) is 0.761. The molecule has 144 valence electrons. The van der Waals surface area contributed by atoms with Crippen molar-refractivity contribution in [2.24, 2.45) is 0 Å². The first-order valence-electron chi connectivity index (χ1n) is 8.10. The number of hydrogen-bond acceptors (Lipinski definition) is 5. The van der Waals surface area contributed by atoms with Gasteiger partial charge in [0.05, 0.1) is 13.7 Å². The van der Waals surface area contributed by atoms with Crippen molar-refractivity contribution < 1.29 is 33.3 Å². The molecule has 0 saturated heterocycles. The van der Waals surface area contributed by atoms with Crippen LogP contribution in [0, 0.1) is 5.82 Å². The average molecular weight is 377 g/mol. The van der Waals surface area contributed by atoms with Crippen molar-refractivity contribution in [3.63, 3.8) is 0 Å². The Kier molecular flexibility index (Phi) is 6.59. The maximum atomic E-state index is 13.9. The predicted molar refractivity (Wildman–Crippen MR) is 96.4 cm³/mol. The molecule has 8 heteroatoms. The molecule has 7 nitrogen and oxygen atoms in total. The number of carbonyl (C=O) groups is 2. The number of halogens is 1. The standard InChI is InChI=1S/C19H20FNO6/c1-4-26-17-9-12(5-7-16(17)27-11-18(22)23)19(24)21(2)13-6-8-15(25-3)14(20)10-13/h5-10H,4,11H2,1-3H3,(H,22,23). The zero-order valence-electron chi connectivity index (χ0n) is 15.2. The van der Waals surface area contributed by atoms with Crippen LogP contribution in [0.1, 0.15) is 17.3 Å². The van der Waals surface area contributed by atoms with E-state index in [0.29, 0.717) is 12.3 Å². The molecule has 0 aliphatic heterocycles. The molecule has 2 aromatic rings. The van der Waals surface area contributed by atoms with Gasteiger partial charge < -0.3 is 24.2 Å². The number of carboxylic acids is 1. The van der Waals surface area contributed by atoms with E-state index in [1.54, 1.807) is 13.0 Å². The van der Waals surface area contributed by atoms with Crippen molar-refractivity contribution in [3.05, 3.63) is 47.8 Å². The Labute approximate surface area is 155 Å². The van der Waals surface area contributed by atoms with Gasteiger partial charge in [0.2, 0.25) is 0 Å². The number of ether oxygens (including phenoxy) is 3. The maximum absolute atomic E-state index is 13.9. The summed E-state index contributed by atoms with van der Waals surface area (Å²) in [5.41, 5.74) is 0.627. The second-order valence-electron chi connectivity index (χ2n) is 5.46. The van der Waals surface area contributed by atoms with E-state index in [4.69, 9.17) is 19.3 Å². The Morgan fingerprint density at radius 2 is 1.78 bits per heavy atom. The SMILES string of the molecule is CCOc1cc(C(=O)N(C)c2ccc(OC)c(F)c2)ccc1OCC(=O)O. The van der Waals surface area contributed by atoms with E-state index in [0.717, 1.165) is 0 Å². The number of benzene rings is 2. The first-order chi connectivity index (χ1) is 12.9. The normalized spacial score (nSPS) is 10.2. The molecule has 0 fully saturated rings. The third kappa shape index (κ3) is 4.87. The van der Waals surface area contributed by atoms with Gasteiger partial charge in [0.15, 0.2) is 29.7 Å². The summed E-state index contributed by atoms with van der Waals surface area (Å²) >= 11 is 0. The Morgan fingerprint density at radius 3 is 2.37 bits per heavy atom. The molecule has 0 atom stereocenters. The molecule has 0 bridgehead atoms. The van der Waals surface area contributed by atoms with Crippen molar-refractivity contribution in [2.75, 3.05) is 32.3 Å². The molecule has 0 aliphatic rings. The van der Waals surface area contributed by atoms with Crippen LogP contribution in [-0.4, -0.2) is 44.4 Å². The minimum absolute atomic E-state index is 0.0816. The third-order valence-electron chi connectivity index (χ3n) is 3.67. The fraction of sp³-hybridized carbons (Fsp3) is 0.263. The summed E-state index contributed by atoms with van der Waals surface area (Å²) in [6.45, 7) is 1.53. The van der Waals surface area contributed by atoms with Crippen molar-refractivity contribution in [2.45, 2.75) is 6.92 Å². The highest BCUT2D eigenvalue weighted by Crippen LogP contribution is 2.30. The lowest BCUT2D eigenvalue weighted by molar-refractivity contribution is -0.139. The predicted octanol–water partition coefficient (Wildman–Crippen LogP) is 2.97. The molecule has 1 N–H and O–H groups in total. The zero-order chi connectivity index (χ0) is 20.0. The average Bonchev–Trinajstić information content (AvgIpc) is 2.65. The van der Waals surface area contributed by atoms with Gasteiger partial charge in [-0.2, -0.15) is 0 Å². The van der Waals surface area contributed by atoms with Gasteiger partial charge in [-0.1, -0.05) is 0 Å². The summed E-state index contributed by atoms with van der Waals surface area (Å²) in [5.74, 6) is -1.56. The summed E-state index contributed by atoms with van der Waals surface area (Å²) in [5, 5.41) is 8.73. The van der Waals surface area contributed by atoms with E-state index < -0.39 is 24.3 Å². The fourth-order valence-electron chi connectivity index (χ4n) is 2.34. The minimum Gasteiger partial charge on any atom is -0.494 e. The minimum atomic E-state index is -1.13. The topological polar surface area (TPSA) is 85.3 Å². The number of carboxylic acid groups (broad SMARTS) is 1. The van der Waals surface area contributed by atoms with E-state index in [9.17, 15) is 14.0 Å². The van der Waals surface area contributed by atoms with E-state index in [1.165, 1.54) is 49.4 Å². The number of carbonyl (C=O) groups excluding carboxylic acids is 1. The van der Waals surface area contributed by atoms with Crippen LogP contribution in [0.3, 0.4) is 0 Å². The van der Waals surface area contributed by atoms with Gasteiger partial charge in [-0.05, 0) is 37.3 Å². The smallest absolute Gasteiger partial charge is 0.341 e. The van der Waals surface area contributed by atoms with Gasteiger partial charge in [0.25, 0.3) is 5.91 Å². The first kappa shape index (κ1) is 20.0. The number of amides is 1. The lowest BCUT2D eigenvalue weighted by Crippen LogP contribution is -2.26. The van der Waals surface area contributed by atoms with Gasteiger partial charge in [0.1, 0.15) is 0 Å². The Morgan fingerprint density at radius 1 is 1.07 bits per heavy atom. The van der Waals surface area contributed by atoms with Crippen LogP contribution in [-0.2, 0) is 4.79 Å². The van der Waals surface area contributed by atoms with Crippen LogP contribution in [0.5, 0.6) is 17.2 Å². The van der Waals surface area contributed by atoms with Crippen LogP contribution in [0.15, 0.2) is 36.4 Å². The summed E-state index contributed by atoms with van der Waals surface area (Å²) in [6.07, 6.45) is 0. The fourth-order valence-corrected chi connectivity index (χ4v) is 2.34. The Hall–Kier alpha value is -3.29. The van der Waals surface area contributed by atoms with E-state index >= 15 is 0 Å². The number of methoxy groups -OCH3 is 1. The highest BCUT2D eigenvalue weighted by atomic mass is 19.1. The summed E-state index contributed by atoms with van der Waals surface area (Å²) in [4.78, 5) is 24.7. The maximum Gasteiger partial charge on any atom is 0.341 e. The molecule has 0 aliphatic carbocycles. The number of anilines is 1. The molecule has 0 radical (unpaired) electrons. The molecule has 0 spiro atoms. The number of hydrogen-bond donors (Lipinski definition) is 1. The first-order valence-corrected chi connectivity index (χ1v) is 8.10. The molecular weight excluding hydrogens is 357 g/mol. The van der Waals surface area contributed by atoms with E-state index in [2.05, 4.69) is 0 Å². The molecule has 0 unspecified atom stereocenters. The van der Waals surface area contributed by atoms with Gasteiger partial charge >= 0.3 is 5.97 Å². The summed E-state index contributed by atoms with van der Waals surface area (Å²) < 4.78 is 29.4.